The van der Waals surface area contributed by atoms with E-state index in [0.29, 0.717) is 28.9 Å². The van der Waals surface area contributed by atoms with Crippen LogP contribution in [0.3, 0.4) is 0 Å². The van der Waals surface area contributed by atoms with Gasteiger partial charge in [-0.3, -0.25) is 0 Å². The Hall–Kier alpha value is -3.05. The molecule has 4 aromatic carbocycles. The zero-order valence-corrected chi connectivity index (χ0v) is 21.8. The number of thiazole rings is 1. The number of rotatable bonds is 7. The minimum atomic E-state index is 0.436. The lowest BCUT2D eigenvalue weighted by Crippen LogP contribution is -2.04. The summed E-state index contributed by atoms with van der Waals surface area (Å²) in [6.45, 7) is 5.14. The van der Waals surface area contributed by atoms with Gasteiger partial charge in [-0.25, -0.2) is 4.98 Å². The maximum Gasteiger partial charge on any atom is 0.143 e. The molecule has 0 aliphatic carbocycles. The van der Waals surface area contributed by atoms with E-state index in [2.05, 4.69) is 85.9 Å². The lowest BCUT2D eigenvalue weighted by molar-refractivity contribution is 0.303. The van der Waals surface area contributed by atoms with Crippen LogP contribution in [0.4, 0.5) is 5.69 Å². The summed E-state index contributed by atoms with van der Waals surface area (Å²) in [5.41, 5.74) is 7.58. The van der Waals surface area contributed by atoms with E-state index in [0.717, 1.165) is 32.9 Å². The number of aryl methyl sites for hydroxylation is 2. The smallest absolute Gasteiger partial charge is 0.143 e. The Bertz CT molecular complexity index is 1480. The summed E-state index contributed by atoms with van der Waals surface area (Å²) >= 11 is 14.5. The Balaban J connectivity index is 1.30. The number of hydrogen-bond donors (Lipinski definition) is 1. The van der Waals surface area contributed by atoms with E-state index in [1.165, 1.54) is 15.8 Å². The van der Waals surface area contributed by atoms with Crippen molar-refractivity contribution in [2.24, 2.45) is 0 Å². The molecule has 6 heteroatoms. The average Bonchev–Trinajstić information content (AvgIpc) is 3.26. The second-order valence-electron chi connectivity index (χ2n) is 8.57. The number of nitrogens with zero attached hydrogens (tertiary/aromatic N) is 1. The van der Waals surface area contributed by atoms with Gasteiger partial charge in [0, 0.05) is 28.4 Å². The van der Waals surface area contributed by atoms with Crippen LogP contribution < -0.4 is 10.1 Å². The highest BCUT2D eigenvalue weighted by molar-refractivity contribution is 7.21. The van der Waals surface area contributed by atoms with Crippen LogP contribution in [0.5, 0.6) is 5.75 Å². The van der Waals surface area contributed by atoms with Gasteiger partial charge >= 0.3 is 0 Å². The molecular formula is C29H24Cl2N2OS. The average molecular weight is 519 g/mol. The van der Waals surface area contributed by atoms with Crippen molar-refractivity contribution in [2.45, 2.75) is 27.0 Å². The Morgan fingerprint density at radius 2 is 1.60 bits per heavy atom. The van der Waals surface area contributed by atoms with Gasteiger partial charge in [-0.05, 0) is 73.5 Å². The molecule has 3 nitrogen and oxygen atoms in total. The first-order chi connectivity index (χ1) is 16.9. The minimum Gasteiger partial charge on any atom is -0.487 e. The molecule has 5 aromatic rings. The van der Waals surface area contributed by atoms with Gasteiger partial charge < -0.3 is 10.1 Å². The standard InChI is InChI=1S/C29H24Cl2N2OS/c1-18-3-6-20(7-4-18)17-34-28-22(14-23(30)15-25(28)31)16-32-24-10-8-21(9-11-24)29-33-26-12-5-19(2)13-27(26)35-29/h3-15,32H,16-17H2,1-2H3. The molecular weight excluding hydrogens is 495 g/mol. The number of ether oxygens (including phenoxy) is 1. The number of nitrogens with one attached hydrogen (secondary N) is 1. The third-order valence-corrected chi connectivity index (χ3v) is 7.31. The second-order valence-corrected chi connectivity index (χ2v) is 10.4. The van der Waals surface area contributed by atoms with Crippen LogP contribution in [-0.4, -0.2) is 4.98 Å². The third-order valence-electron chi connectivity index (χ3n) is 5.75. The first kappa shape index (κ1) is 23.7. The van der Waals surface area contributed by atoms with E-state index in [9.17, 15) is 0 Å². The van der Waals surface area contributed by atoms with Crippen LogP contribution in [0.15, 0.2) is 78.9 Å². The van der Waals surface area contributed by atoms with E-state index < -0.39 is 0 Å². The number of aromatic nitrogens is 1. The first-order valence-electron chi connectivity index (χ1n) is 11.3. The summed E-state index contributed by atoms with van der Waals surface area (Å²) in [6.07, 6.45) is 0. The number of anilines is 1. The van der Waals surface area contributed by atoms with Crippen molar-refractivity contribution in [3.63, 3.8) is 0 Å². The highest BCUT2D eigenvalue weighted by Gasteiger charge is 2.12. The fourth-order valence-corrected chi connectivity index (χ4v) is 5.49. The topological polar surface area (TPSA) is 34.1 Å². The molecule has 0 aliphatic heterocycles. The first-order valence-corrected chi connectivity index (χ1v) is 12.9. The molecule has 0 saturated carbocycles. The predicted molar refractivity (Wildman–Crippen MR) is 149 cm³/mol. The molecule has 0 spiro atoms. The highest BCUT2D eigenvalue weighted by Crippen LogP contribution is 2.34. The van der Waals surface area contributed by atoms with Crippen molar-refractivity contribution < 1.29 is 4.74 Å². The summed E-state index contributed by atoms with van der Waals surface area (Å²) in [4.78, 5) is 4.78. The lowest BCUT2D eigenvalue weighted by Gasteiger charge is -2.15. The summed E-state index contributed by atoms with van der Waals surface area (Å²) < 4.78 is 7.32. The lowest BCUT2D eigenvalue weighted by atomic mass is 10.1. The zero-order valence-electron chi connectivity index (χ0n) is 19.4. The molecule has 176 valence electrons. The molecule has 1 N–H and O–H groups in total. The van der Waals surface area contributed by atoms with E-state index in [4.69, 9.17) is 32.9 Å². The van der Waals surface area contributed by atoms with Gasteiger partial charge in [0.15, 0.2) is 0 Å². The van der Waals surface area contributed by atoms with Crippen molar-refractivity contribution in [2.75, 3.05) is 5.32 Å². The Morgan fingerprint density at radius 3 is 2.37 bits per heavy atom. The molecule has 0 fully saturated rings. The van der Waals surface area contributed by atoms with Crippen LogP contribution in [0.2, 0.25) is 10.0 Å². The van der Waals surface area contributed by atoms with Gasteiger partial charge in [-0.1, -0.05) is 59.1 Å². The largest absolute Gasteiger partial charge is 0.487 e. The second kappa shape index (κ2) is 10.3. The minimum absolute atomic E-state index is 0.436. The van der Waals surface area contributed by atoms with Crippen molar-refractivity contribution >= 4 is 50.4 Å². The van der Waals surface area contributed by atoms with Gasteiger partial charge in [0.25, 0.3) is 0 Å². The summed E-state index contributed by atoms with van der Waals surface area (Å²) in [7, 11) is 0. The van der Waals surface area contributed by atoms with Crippen molar-refractivity contribution in [3.8, 4) is 16.3 Å². The van der Waals surface area contributed by atoms with Crippen LogP contribution in [0.1, 0.15) is 22.3 Å². The van der Waals surface area contributed by atoms with Gasteiger partial charge in [-0.15, -0.1) is 11.3 Å². The SMILES string of the molecule is Cc1ccc(COc2c(Cl)cc(Cl)cc2CNc2ccc(-c3nc4ccc(C)cc4s3)cc2)cc1. The summed E-state index contributed by atoms with van der Waals surface area (Å²) in [6, 6.07) is 26.5. The molecule has 0 unspecified atom stereocenters. The monoisotopic (exact) mass is 518 g/mol. The fourth-order valence-electron chi connectivity index (χ4n) is 3.83. The molecule has 1 heterocycles. The molecule has 0 saturated heterocycles. The van der Waals surface area contributed by atoms with Gasteiger partial charge in [-0.2, -0.15) is 0 Å². The molecule has 5 rings (SSSR count). The Kier molecular flexibility index (Phi) is 6.96. The number of hydrogen-bond acceptors (Lipinski definition) is 4. The molecule has 0 atom stereocenters. The fraction of sp³-hybridized carbons (Fsp3) is 0.138. The van der Waals surface area contributed by atoms with Crippen molar-refractivity contribution in [1.29, 1.82) is 0 Å². The van der Waals surface area contributed by atoms with Gasteiger partial charge in [0.1, 0.15) is 17.4 Å². The molecule has 0 radical (unpaired) electrons. The van der Waals surface area contributed by atoms with E-state index in [-0.39, 0.29) is 0 Å². The van der Waals surface area contributed by atoms with Crippen LogP contribution in [0, 0.1) is 13.8 Å². The maximum atomic E-state index is 6.50. The van der Waals surface area contributed by atoms with Crippen LogP contribution in [-0.2, 0) is 13.2 Å². The zero-order chi connectivity index (χ0) is 24.4. The van der Waals surface area contributed by atoms with Crippen molar-refractivity contribution in [3.05, 3.63) is 111 Å². The summed E-state index contributed by atoms with van der Waals surface area (Å²) in [5.74, 6) is 0.644. The van der Waals surface area contributed by atoms with Crippen molar-refractivity contribution in [1.82, 2.24) is 4.98 Å². The molecule has 0 amide bonds. The molecule has 35 heavy (non-hydrogen) atoms. The number of benzene rings is 4. The van der Waals surface area contributed by atoms with E-state index >= 15 is 0 Å². The maximum absolute atomic E-state index is 6.50. The normalized spacial score (nSPS) is 11.1. The van der Waals surface area contributed by atoms with Crippen LogP contribution in [0.25, 0.3) is 20.8 Å². The molecule has 1 aromatic heterocycles. The Morgan fingerprint density at radius 1 is 0.857 bits per heavy atom. The van der Waals surface area contributed by atoms with Gasteiger partial charge in [0.05, 0.1) is 15.2 Å². The number of halogens is 2. The molecule has 0 bridgehead atoms. The predicted octanol–water partition coefficient (Wildman–Crippen LogP) is 9.08. The summed E-state index contributed by atoms with van der Waals surface area (Å²) in [5, 5.41) is 5.56. The Labute approximate surface area is 219 Å². The quantitative estimate of drug-likeness (QED) is 0.233. The highest BCUT2D eigenvalue weighted by atomic mass is 35.5. The number of fused-ring (bicyclic) bond motifs is 1. The van der Waals surface area contributed by atoms with Gasteiger partial charge in [0.2, 0.25) is 0 Å². The third kappa shape index (κ3) is 5.62. The van der Waals surface area contributed by atoms with Crippen LogP contribution >= 0.6 is 34.5 Å². The molecule has 0 aliphatic rings. The van der Waals surface area contributed by atoms with E-state index in [1.54, 1.807) is 17.4 Å². The van der Waals surface area contributed by atoms with E-state index in [1.807, 2.05) is 6.07 Å².